The molecule has 1 atom stereocenters. The number of nitrogens with one attached hydrogen (secondary N) is 1. The summed E-state index contributed by atoms with van der Waals surface area (Å²) in [6.45, 7) is 2.93. The van der Waals surface area contributed by atoms with Gasteiger partial charge in [-0.1, -0.05) is 30.7 Å². The highest BCUT2D eigenvalue weighted by molar-refractivity contribution is 6.31. The van der Waals surface area contributed by atoms with Crippen molar-refractivity contribution in [3.8, 4) is 0 Å². The summed E-state index contributed by atoms with van der Waals surface area (Å²) in [7, 11) is 0. The number of hydrogen-bond donors (Lipinski definition) is 1. The van der Waals surface area contributed by atoms with Crippen LogP contribution in [0.5, 0.6) is 0 Å². The van der Waals surface area contributed by atoms with E-state index in [2.05, 4.69) is 17.2 Å². The van der Waals surface area contributed by atoms with Gasteiger partial charge >= 0.3 is 0 Å². The Hall–Kier alpha value is -1.45. The second-order valence-electron chi connectivity index (χ2n) is 4.31. The minimum atomic E-state index is -0.245. The van der Waals surface area contributed by atoms with Crippen LogP contribution in [0.3, 0.4) is 0 Å². The first kappa shape index (κ1) is 14.0. The summed E-state index contributed by atoms with van der Waals surface area (Å²) in [5, 5.41) is 4.00. The van der Waals surface area contributed by atoms with Crippen LogP contribution in [-0.4, -0.2) is 11.5 Å². The summed E-state index contributed by atoms with van der Waals surface area (Å²) >= 11 is 6.20. The Morgan fingerprint density at radius 3 is 2.63 bits per heavy atom. The molecule has 0 saturated heterocycles. The largest absolute Gasteiger partial charge is 0.305 e. The number of aromatic nitrogens is 1. The molecule has 1 unspecified atom stereocenters. The molecule has 100 valence electrons. The monoisotopic (exact) mass is 278 g/mol. The first-order chi connectivity index (χ1) is 9.22. The Balaban J connectivity index is 2.35. The van der Waals surface area contributed by atoms with Gasteiger partial charge in [0.1, 0.15) is 5.82 Å². The molecule has 2 aromatic rings. The van der Waals surface area contributed by atoms with Crippen molar-refractivity contribution in [3.63, 3.8) is 0 Å². The van der Waals surface area contributed by atoms with E-state index in [0.29, 0.717) is 5.02 Å². The molecular formula is C15H16ClFN2. The maximum Gasteiger partial charge on any atom is 0.123 e. The molecule has 2 rings (SSSR count). The third-order valence-electron chi connectivity index (χ3n) is 2.86. The molecular weight excluding hydrogens is 263 g/mol. The van der Waals surface area contributed by atoms with Gasteiger partial charge in [0.15, 0.2) is 0 Å². The van der Waals surface area contributed by atoms with E-state index in [0.717, 1.165) is 24.2 Å². The molecule has 1 heterocycles. The smallest absolute Gasteiger partial charge is 0.123 e. The van der Waals surface area contributed by atoms with E-state index < -0.39 is 0 Å². The summed E-state index contributed by atoms with van der Waals surface area (Å²) in [6.07, 6.45) is 2.72. The van der Waals surface area contributed by atoms with E-state index in [1.807, 2.05) is 6.07 Å². The zero-order valence-electron chi connectivity index (χ0n) is 10.7. The Morgan fingerprint density at radius 2 is 2.00 bits per heavy atom. The van der Waals surface area contributed by atoms with Crippen LogP contribution >= 0.6 is 11.6 Å². The van der Waals surface area contributed by atoms with E-state index in [-0.39, 0.29) is 11.9 Å². The van der Waals surface area contributed by atoms with E-state index in [9.17, 15) is 4.39 Å². The number of rotatable bonds is 5. The van der Waals surface area contributed by atoms with Gasteiger partial charge in [-0.3, -0.25) is 4.98 Å². The lowest BCUT2D eigenvalue weighted by Gasteiger charge is -2.19. The summed E-state index contributed by atoms with van der Waals surface area (Å²) in [6, 6.07) is 9.91. The number of pyridine rings is 1. The lowest BCUT2D eigenvalue weighted by molar-refractivity contribution is 0.582. The molecule has 0 fully saturated rings. The van der Waals surface area contributed by atoms with Gasteiger partial charge in [0.25, 0.3) is 0 Å². The minimum Gasteiger partial charge on any atom is -0.305 e. The van der Waals surface area contributed by atoms with E-state index in [1.54, 1.807) is 24.4 Å². The van der Waals surface area contributed by atoms with E-state index >= 15 is 0 Å². The maximum atomic E-state index is 13.0. The van der Waals surface area contributed by atoms with Crippen molar-refractivity contribution in [1.82, 2.24) is 10.3 Å². The predicted molar refractivity (Wildman–Crippen MR) is 75.8 cm³/mol. The van der Waals surface area contributed by atoms with Crippen LogP contribution in [0.2, 0.25) is 5.02 Å². The Bertz CT molecular complexity index is 528. The molecule has 0 radical (unpaired) electrons. The third kappa shape index (κ3) is 3.52. The average molecular weight is 279 g/mol. The standard InChI is InChI=1S/C15H16ClFN2/c1-2-9-18-14(11-5-7-12(17)8-6-11)15-13(16)4-3-10-19-15/h3-8,10,14,18H,2,9H2,1H3. The molecule has 0 saturated carbocycles. The highest BCUT2D eigenvalue weighted by Gasteiger charge is 2.17. The topological polar surface area (TPSA) is 24.9 Å². The minimum absolute atomic E-state index is 0.116. The first-order valence-electron chi connectivity index (χ1n) is 6.31. The predicted octanol–water partition coefficient (Wildman–Crippen LogP) is 3.96. The van der Waals surface area contributed by atoms with Gasteiger partial charge in [-0.15, -0.1) is 0 Å². The molecule has 19 heavy (non-hydrogen) atoms. The zero-order chi connectivity index (χ0) is 13.7. The van der Waals surface area contributed by atoms with Crippen LogP contribution in [0.15, 0.2) is 42.6 Å². The summed E-state index contributed by atoms with van der Waals surface area (Å²) < 4.78 is 13.0. The van der Waals surface area contributed by atoms with Gasteiger partial charge in [0, 0.05) is 6.20 Å². The Labute approximate surface area is 117 Å². The van der Waals surface area contributed by atoms with Crippen LogP contribution in [0.4, 0.5) is 4.39 Å². The van der Waals surface area contributed by atoms with Crippen molar-refractivity contribution in [2.75, 3.05) is 6.54 Å². The molecule has 0 aliphatic rings. The molecule has 1 aromatic heterocycles. The molecule has 2 nitrogen and oxygen atoms in total. The van der Waals surface area contributed by atoms with Gasteiger partial charge in [0.2, 0.25) is 0 Å². The van der Waals surface area contributed by atoms with Crippen LogP contribution in [-0.2, 0) is 0 Å². The fourth-order valence-corrected chi connectivity index (χ4v) is 2.16. The van der Waals surface area contributed by atoms with Crippen molar-refractivity contribution in [3.05, 3.63) is 64.7 Å². The Morgan fingerprint density at radius 1 is 1.26 bits per heavy atom. The summed E-state index contributed by atoms with van der Waals surface area (Å²) in [5.74, 6) is -0.245. The lowest BCUT2D eigenvalue weighted by atomic mass is 10.0. The van der Waals surface area contributed by atoms with Crippen molar-refractivity contribution in [2.24, 2.45) is 0 Å². The highest BCUT2D eigenvalue weighted by atomic mass is 35.5. The SMILES string of the molecule is CCCNC(c1ccc(F)cc1)c1ncccc1Cl. The third-order valence-corrected chi connectivity index (χ3v) is 3.18. The normalized spacial score (nSPS) is 12.4. The van der Waals surface area contributed by atoms with Crippen LogP contribution in [0.1, 0.15) is 30.6 Å². The van der Waals surface area contributed by atoms with Crippen LogP contribution in [0, 0.1) is 5.82 Å². The van der Waals surface area contributed by atoms with E-state index in [1.165, 1.54) is 12.1 Å². The molecule has 0 aliphatic heterocycles. The van der Waals surface area contributed by atoms with Crippen molar-refractivity contribution in [1.29, 1.82) is 0 Å². The molecule has 1 aromatic carbocycles. The quantitative estimate of drug-likeness (QED) is 0.895. The number of nitrogens with zero attached hydrogens (tertiary/aromatic N) is 1. The van der Waals surface area contributed by atoms with Gasteiger partial charge in [-0.2, -0.15) is 0 Å². The zero-order valence-corrected chi connectivity index (χ0v) is 11.5. The summed E-state index contributed by atoms with van der Waals surface area (Å²) in [4.78, 5) is 4.34. The number of hydrogen-bond acceptors (Lipinski definition) is 2. The van der Waals surface area contributed by atoms with Crippen molar-refractivity contribution >= 4 is 11.6 Å². The molecule has 0 spiro atoms. The van der Waals surface area contributed by atoms with Crippen LogP contribution in [0.25, 0.3) is 0 Å². The fourth-order valence-electron chi connectivity index (χ4n) is 1.93. The molecule has 4 heteroatoms. The second-order valence-corrected chi connectivity index (χ2v) is 4.72. The molecule has 0 bridgehead atoms. The van der Waals surface area contributed by atoms with Crippen molar-refractivity contribution < 1.29 is 4.39 Å². The second kappa shape index (κ2) is 6.64. The number of benzene rings is 1. The maximum absolute atomic E-state index is 13.0. The average Bonchev–Trinajstić information content (AvgIpc) is 2.43. The van der Waals surface area contributed by atoms with E-state index in [4.69, 9.17) is 11.6 Å². The lowest BCUT2D eigenvalue weighted by Crippen LogP contribution is -2.24. The first-order valence-corrected chi connectivity index (χ1v) is 6.69. The molecule has 1 N–H and O–H groups in total. The highest BCUT2D eigenvalue weighted by Crippen LogP contribution is 2.26. The van der Waals surface area contributed by atoms with Crippen molar-refractivity contribution in [2.45, 2.75) is 19.4 Å². The number of halogens is 2. The molecule has 0 amide bonds. The van der Waals surface area contributed by atoms with Crippen LogP contribution < -0.4 is 5.32 Å². The fraction of sp³-hybridized carbons (Fsp3) is 0.267. The molecule has 0 aliphatic carbocycles. The van der Waals surface area contributed by atoms with Gasteiger partial charge in [-0.25, -0.2) is 4.39 Å². The summed E-state index contributed by atoms with van der Waals surface area (Å²) in [5.41, 5.74) is 1.72. The van der Waals surface area contributed by atoms with Gasteiger partial charge < -0.3 is 5.32 Å². The van der Waals surface area contributed by atoms with Gasteiger partial charge in [-0.05, 0) is 42.8 Å². The Kier molecular flexibility index (Phi) is 4.88. The van der Waals surface area contributed by atoms with Gasteiger partial charge in [0.05, 0.1) is 16.8 Å².